The molecule has 4 nitrogen and oxygen atoms in total. The predicted octanol–water partition coefficient (Wildman–Crippen LogP) is 8.54. The van der Waals surface area contributed by atoms with Crippen LogP contribution in [0.2, 0.25) is 0 Å². The molecule has 202 valence electrons. The van der Waals surface area contributed by atoms with Crippen LogP contribution in [0, 0.1) is 0 Å². The van der Waals surface area contributed by atoms with Gasteiger partial charge in [0, 0.05) is 16.5 Å². The van der Waals surface area contributed by atoms with Crippen molar-refractivity contribution in [3.63, 3.8) is 0 Å². The molecular weight excluding hydrogens is 508 g/mol. The molecule has 0 saturated heterocycles. The third-order valence-corrected chi connectivity index (χ3v) is 7.95. The third-order valence-electron chi connectivity index (χ3n) is 7.95. The Morgan fingerprint density at radius 2 is 0.927 bits per heavy atom. The maximum atomic E-state index is 11.3. The highest BCUT2D eigenvalue weighted by Gasteiger charge is 2.35. The summed E-state index contributed by atoms with van der Waals surface area (Å²) in [6.45, 7) is 2.05. The first-order chi connectivity index (χ1) is 19.8. The second-order valence-electron chi connectivity index (χ2n) is 10.7. The number of aromatic hydroxyl groups is 4. The summed E-state index contributed by atoms with van der Waals surface area (Å²) >= 11 is 0. The van der Waals surface area contributed by atoms with Gasteiger partial charge in [0.25, 0.3) is 0 Å². The first kappa shape index (κ1) is 26.0. The first-order valence-electron chi connectivity index (χ1n) is 13.5. The minimum absolute atomic E-state index is 0.130. The number of fused-ring (bicyclic) bond motifs is 1. The predicted molar refractivity (Wildman–Crippen MR) is 165 cm³/mol. The molecule has 4 heteroatoms. The Labute approximate surface area is 239 Å². The van der Waals surface area contributed by atoms with E-state index >= 15 is 0 Å². The number of phenols is 4. The van der Waals surface area contributed by atoms with Gasteiger partial charge in [-0.25, -0.2) is 0 Å². The van der Waals surface area contributed by atoms with Crippen LogP contribution in [0.25, 0.3) is 33.0 Å². The molecule has 0 aliphatic rings. The zero-order valence-electron chi connectivity index (χ0n) is 22.6. The lowest BCUT2D eigenvalue weighted by Gasteiger charge is -2.33. The van der Waals surface area contributed by atoms with Crippen molar-refractivity contribution in [1.29, 1.82) is 0 Å². The molecule has 0 radical (unpaired) electrons. The van der Waals surface area contributed by atoms with Gasteiger partial charge in [0.15, 0.2) is 0 Å². The zero-order chi connectivity index (χ0) is 28.6. The van der Waals surface area contributed by atoms with Gasteiger partial charge in [-0.1, -0.05) is 85.8 Å². The standard InChI is InChI=1S/C37H30O4/c1-37(23-24-6-7-25-4-2-3-5-28(25)20-24,33-21-29(12-18-35(33)40)26-8-14-31(38)15-9-26)34-22-30(13-19-36(34)41)27-10-16-32(39)17-11-27/h2-22,38-41H,23H2,1H3. The SMILES string of the molecule is CC(Cc1ccc2ccccc2c1)(c1cc(-c2ccc(O)cc2)ccc1O)c1cc(-c2ccc(O)cc2)ccc1O. The fourth-order valence-corrected chi connectivity index (χ4v) is 5.72. The Balaban J connectivity index is 1.55. The van der Waals surface area contributed by atoms with Gasteiger partial charge in [-0.15, -0.1) is 0 Å². The molecule has 0 unspecified atom stereocenters. The largest absolute Gasteiger partial charge is 0.508 e. The number of benzene rings is 6. The van der Waals surface area contributed by atoms with Crippen LogP contribution in [0.5, 0.6) is 23.0 Å². The van der Waals surface area contributed by atoms with E-state index in [1.807, 2.05) is 67.6 Å². The maximum absolute atomic E-state index is 11.3. The highest BCUT2D eigenvalue weighted by molar-refractivity contribution is 5.83. The van der Waals surface area contributed by atoms with Crippen LogP contribution >= 0.6 is 0 Å². The Bertz CT molecular complexity index is 1760. The van der Waals surface area contributed by atoms with Crippen molar-refractivity contribution in [3.8, 4) is 45.3 Å². The van der Waals surface area contributed by atoms with Crippen LogP contribution in [0.3, 0.4) is 0 Å². The van der Waals surface area contributed by atoms with Crippen molar-refractivity contribution < 1.29 is 20.4 Å². The molecule has 0 spiro atoms. The van der Waals surface area contributed by atoms with E-state index in [9.17, 15) is 20.4 Å². The van der Waals surface area contributed by atoms with Crippen LogP contribution in [-0.4, -0.2) is 20.4 Å². The zero-order valence-corrected chi connectivity index (χ0v) is 22.6. The van der Waals surface area contributed by atoms with Gasteiger partial charge in [0.05, 0.1) is 0 Å². The molecule has 0 atom stereocenters. The molecule has 0 aromatic heterocycles. The Hall–Kier alpha value is -5.22. The average molecular weight is 539 g/mol. The summed E-state index contributed by atoms with van der Waals surface area (Å²) in [5.74, 6) is 0.630. The van der Waals surface area contributed by atoms with Crippen LogP contribution < -0.4 is 0 Å². The van der Waals surface area contributed by atoms with Crippen molar-refractivity contribution in [1.82, 2.24) is 0 Å². The number of rotatable bonds is 6. The quantitative estimate of drug-likeness (QED) is 0.171. The minimum atomic E-state index is -0.837. The van der Waals surface area contributed by atoms with E-state index in [1.165, 1.54) is 0 Å². The Morgan fingerprint density at radius 3 is 1.44 bits per heavy atom. The van der Waals surface area contributed by atoms with Crippen LogP contribution in [-0.2, 0) is 11.8 Å². The second kappa shape index (κ2) is 10.4. The van der Waals surface area contributed by atoms with Crippen molar-refractivity contribution in [2.75, 3.05) is 0 Å². The molecule has 0 amide bonds. The van der Waals surface area contributed by atoms with E-state index in [0.717, 1.165) is 38.6 Å². The summed E-state index contributed by atoms with van der Waals surface area (Å²) in [6, 6.07) is 39.5. The molecule has 0 heterocycles. The fraction of sp³-hybridized carbons (Fsp3) is 0.0811. The summed E-state index contributed by atoms with van der Waals surface area (Å²) in [6.07, 6.45) is 0.511. The molecule has 0 saturated carbocycles. The molecule has 6 aromatic rings. The topological polar surface area (TPSA) is 80.9 Å². The number of phenolic OH excluding ortho intramolecular Hbond substituents is 4. The lowest BCUT2D eigenvalue weighted by Crippen LogP contribution is -2.27. The Morgan fingerprint density at radius 1 is 0.463 bits per heavy atom. The van der Waals surface area contributed by atoms with Gasteiger partial charge >= 0.3 is 0 Å². The minimum Gasteiger partial charge on any atom is -0.508 e. The van der Waals surface area contributed by atoms with Crippen LogP contribution in [0.15, 0.2) is 127 Å². The van der Waals surface area contributed by atoms with E-state index < -0.39 is 5.41 Å². The van der Waals surface area contributed by atoms with Crippen molar-refractivity contribution in [2.45, 2.75) is 18.8 Å². The van der Waals surface area contributed by atoms with Gasteiger partial charge in [-0.3, -0.25) is 0 Å². The molecule has 41 heavy (non-hydrogen) atoms. The maximum Gasteiger partial charge on any atom is 0.119 e. The molecular formula is C37H30O4. The van der Waals surface area contributed by atoms with Gasteiger partial charge in [-0.2, -0.15) is 0 Å². The Kier molecular flexibility index (Phi) is 6.60. The van der Waals surface area contributed by atoms with Crippen molar-refractivity contribution >= 4 is 10.8 Å². The molecule has 0 fully saturated rings. The normalized spacial score (nSPS) is 11.5. The van der Waals surface area contributed by atoms with E-state index in [0.29, 0.717) is 17.5 Å². The highest BCUT2D eigenvalue weighted by Crippen LogP contribution is 2.46. The fourth-order valence-electron chi connectivity index (χ4n) is 5.72. The molecule has 6 rings (SSSR count). The summed E-state index contributed by atoms with van der Waals surface area (Å²) in [7, 11) is 0. The van der Waals surface area contributed by atoms with Crippen molar-refractivity contribution in [3.05, 3.63) is 144 Å². The van der Waals surface area contributed by atoms with E-state index in [2.05, 4.69) is 30.3 Å². The summed E-state index contributed by atoms with van der Waals surface area (Å²) in [4.78, 5) is 0. The average Bonchev–Trinajstić information content (AvgIpc) is 2.98. The molecule has 0 aliphatic carbocycles. The third kappa shape index (κ3) is 5.08. The highest BCUT2D eigenvalue weighted by atomic mass is 16.3. The lowest BCUT2D eigenvalue weighted by molar-refractivity contribution is 0.424. The first-order valence-corrected chi connectivity index (χ1v) is 13.5. The van der Waals surface area contributed by atoms with Crippen LogP contribution in [0.1, 0.15) is 23.6 Å². The number of hydrogen-bond donors (Lipinski definition) is 4. The van der Waals surface area contributed by atoms with Gasteiger partial charge in [0.2, 0.25) is 0 Å². The van der Waals surface area contributed by atoms with Crippen LogP contribution in [0.4, 0.5) is 0 Å². The monoisotopic (exact) mass is 538 g/mol. The molecule has 6 aromatic carbocycles. The summed E-state index contributed by atoms with van der Waals surface area (Å²) in [5.41, 5.74) is 5.15. The van der Waals surface area contributed by atoms with Gasteiger partial charge in [0.1, 0.15) is 23.0 Å². The molecule has 4 N–H and O–H groups in total. The lowest BCUT2D eigenvalue weighted by atomic mass is 9.70. The van der Waals surface area contributed by atoms with E-state index in [1.54, 1.807) is 36.4 Å². The van der Waals surface area contributed by atoms with E-state index in [4.69, 9.17) is 0 Å². The van der Waals surface area contributed by atoms with E-state index in [-0.39, 0.29) is 23.0 Å². The second-order valence-corrected chi connectivity index (χ2v) is 10.7. The molecule has 0 aliphatic heterocycles. The van der Waals surface area contributed by atoms with Gasteiger partial charge < -0.3 is 20.4 Å². The molecule has 0 bridgehead atoms. The van der Waals surface area contributed by atoms with Crippen molar-refractivity contribution in [2.24, 2.45) is 0 Å². The number of hydrogen-bond acceptors (Lipinski definition) is 4. The van der Waals surface area contributed by atoms with Gasteiger partial charge in [-0.05, 0) is 93.5 Å². The smallest absolute Gasteiger partial charge is 0.119 e. The summed E-state index contributed by atoms with van der Waals surface area (Å²) in [5, 5.41) is 44.5. The summed E-state index contributed by atoms with van der Waals surface area (Å²) < 4.78 is 0.